The van der Waals surface area contributed by atoms with Gasteiger partial charge in [-0.3, -0.25) is 4.90 Å². The fourth-order valence-electron chi connectivity index (χ4n) is 2.72. The minimum absolute atomic E-state index is 0.291. The zero-order valence-corrected chi connectivity index (χ0v) is 11.8. The monoisotopic (exact) mass is 242 g/mol. The van der Waals surface area contributed by atoms with E-state index in [1.165, 1.54) is 19.4 Å². The van der Waals surface area contributed by atoms with Gasteiger partial charge in [0.15, 0.2) is 0 Å². The Morgan fingerprint density at radius 1 is 1.41 bits per heavy atom. The number of rotatable bonds is 7. The summed E-state index contributed by atoms with van der Waals surface area (Å²) in [6, 6.07) is 1.14. The van der Waals surface area contributed by atoms with Crippen molar-refractivity contribution in [1.82, 2.24) is 10.2 Å². The molecule has 102 valence electrons. The molecule has 17 heavy (non-hydrogen) atoms. The maximum Gasteiger partial charge on any atom is 0.0446 e. The highest BCUT2D eigenvalue weighted by Gasteiger charge is 2.26. The summed E-state index contributed by atoms with van der Waals surface area (Å²) in [5, 5.41) is 12.7. The van der Waals surface area contributed by atoms with Gasteiger partial charge in [-0.05, 0) is 51.6 Å². The summed E-state index contributed by atoms with van der Waals surface area (Å²) in [7, 11) is 0. The molecular formula is C14H30N2O. The van der Waals surface area contributed by atoms with E-state index in [1.54, 1.807) is 0 Å². The van der Waals surface area contributed by atoms with Gasteiger partial charge in [-0.1, -0.05) is 13.8 Å². The largest absolute Gasteiger partial charge is 0.396 e. The Kier molecular flexibility index (Phi) is 7.09. The van der Waals surface area contributed by atoms with Gasteiger partial charge in [0.25, 0.3) is 0 Å². The van der Waals surface area contributed by atoms with Crippen molar-refractivity contribution in [1.29, 1.82) is 0 Å². The fraction of sp³-hybridized carbons (Fsp3) is 1.00. The second kappa shape index (κ2) is 8.06. The van der Waals surface area contributed by atoms with Crippen molar-refractivity contribution in [3.8, 4) is 0 Å². The molecule has 3 heteroatoms. The van der Waals surface area contributed by atoms with E-state index in [4.69, 9.17) is 5.11 Å². The van der Waals surface area contributed by atoms with Crippen LogP contribution in [0.3, 0.4) is 0 Å². The predicted octanol–water partition coefficient (Wildman–Crippen LogP) is 1.86. The Morgan fingerprint density at radius 2 is 2.18 bits per heavy atom. The molecule has 0 aromatic rings. The summed E-state index contributed by atoms with van der Waals surface area (Å²) < 4.78 is 0. The summed E-state index contributed by atoms with van der Waals surface area (Å²) in [6.07, 6.45) is 4.72. The van der Waals surface area contributed by atoms with Crippen molar-refractivity contribution in [3.05, 3.63) is 0 Å². The van der Waals surface area contributed by atoms with E-state index in [2.05, 4.69) is 31.0 Å². The van der Waals surface area contributed by atoms with Gasteiger partial charge in [0, 0.05) is 25.2 Å². The third-order valence-corrected chi connectivity index (χ3v) is 4.12. The molecule has 1 fully saturated rings. The van der Waals surface area contributed by atoms with E-state index in [9.17, 15) is 0 Å². The van der Waals surface area contributed by atoms with Gasteiger partial charge in [0.2, 0.25) is 0 Å². The minimum Gasteiger partial charge on any atom is -0.396 e. The van der Waals surface area contributed by atoms with Crippen molar-refractivity contribution in [2.24, 2.45) is 5.92 Å². The second-order valence-electron chi connectivity index (χ2n) is 5.52. The van der Waals surface area contributed by atoms with Crippen LogP contribution in [0.2, 0.25) is 0 Å². The number of piperidine rings is 1. The number of hydrogen-bond donors (Lipinski definition) is 2. The van der Waals surface area contributed by atoms with Crippen LogP contribution in [0, 0.1) is 5.92 Å². The van der Waals surface area contributed by atoms with Gasteiger partial charge in [0.05, 0.1) is 0 Å². The summed E-state index contributed by atoms with van der Waals surface area (Å²) in [5.41, 5.74) is 0. The van der Waals surface area contributed by atoms with Crippen molar-refractivity contribution >= 4 is 0 Å². The first kappa shape index (κ1) is 14.9. The van der Waals surface area contributed by atoms with Crippen molar-refractivity contribution in [2.45, 2.75) is 58.5 Å². The summed E-state index contributed by atoms with van der Waals surface area (Å²) in [6.45, 7) is 10.6. The predicted molar refractivity (Wildman–Crippen MR) is 73.2 cm³/mol. The first-order valence-electron chi connectivity index (χ1n) is 7.27. The fourth-order valence-corrected chi connectivity index (χ4v) is 2.72. The number of nitrogens with one attached hydrogen (secondary N) is 1. The molecule has 2 N–H and O–H groups in total. The zero-order chi connectivity index (χ0) is 12.7. The van der Waals surface area contributed by atoms with Gasteiger partial charge < -0.3 is 10.4 Å². The van der Waals surface area contributed by atoms with Crippen LogP contribution in [0.5, 0.6) is 0 Å². The maximum atomic E-state index is 9.12. The van der Waals surface area contributed by atoms with Crippen molar-refractivity contribution < 1.29 is 5.11 Å². The number of hydrogen-bond acceptors (Lipinski definition) is 3. The SMILES string of the molecule is CCCNC(CCO)CN1CCCC(C)C1C. The molecule has 3 nitrogen and oxygen atoms in total. The van der Waals surface area contributed by atoms with E-state index in [0.717, 1.165) is 31.8 Å². The second-order valence-corrected chi connectivity index (χ2v) is 5.52. The van der Waals surface area contributed by atoms with Crippen LogP contribution in [-0.4, -0.2) is 48.3 Å². The van der Waals surface area contributed by atoms with Crippen LogP contribution >= 0.6 is 0 Å². The highest BCUT2D eigenvalue weighted by Crippen LogP contribution is 2.22. The Bertz CT molecular complexity index is 199. The van der Waals surface area contributed by atoms with Gasteiger partial charge in [-0.25, -0.2) is 0 Å². The molecule has 0 radical (unpaired) electrons. The van der Waals surface area contributed by atoms with Crippen LogP contribution in [0.25, 0.3) is 0 Å². The molecule has 1 aliphatic rings. The normalized spacial score (nSPS) is 28.2. The van der Waals surface area contributed by atoms with Gasteiger partial charge in [-0.2, -0.15) is 0 Å². The summed E-state index contributed by atoms with van der Waals surface area (Å²) in [4.78, 5) is 2.59. The minimum atomic E-state index is 0.291. The number of nitrogens with zero attached hydrogens (tertiary/aromatic N) is 1. The Labute approximate surface area is 107 Å². The van der Waals surface area contributed by atoms with Crippen molar-refractivity contribution in [2.75, 3.05) is 26.2 Å². The average molecular weight is 242 g/mol. The molecule has 0 amide bonds. The van der Waals surface area contributed by atoms with Crippen LogP contribution < -0.4 is 5.32 Å². The maximum absolute atomic E-state index is 9.12. The lowest BCUT2D eigenvalue weighted by atomic mass is 9.91. The van der Waals surface area contributed by atoms with Crippen LogP contribution in [0.1, 0.15) is 46.5 Å². The molecule has 1 rings (SSSR count). The Hall–Kier alpha value is -0.120. The molecule has 3 atom stereocenters. The number of aliphatic hydroxyl groups excluding tert-OH is 1. The molecule has 0 aromatic carbocycles. The first-order valence-corrected chi connectivity index (χ1v) is 7.27. The van der Waals surface area contributed by atoms with Gasteiger partial charge >= 0.3 is 0 Å². The third-order valence-electron chi connectivity index (χ3n) is 4.12. The topological polar surface area (TPSA) is 35.5 Å². The lowest BCUT2D eigenvalue weighted by molar-refractivity contribution is 0.0966. The molecule has 1 aliphatic heterocycles. The van der Waals surface area contributed by atoms with E-state index in [-0.39, 0.29) is 0 Å². The lowest BCUT2D eigenvalue weighted by Crippen LogP contribution is -2.49. The average Bonchev–Trinajstić information content (AvgIpc) is 2.32. The van der Waals surface area contributed by atoms with Gasteiger partial charge in [-0.15, -0.1) is 0 Å². The highest BCUT2D eigenvalue weighted by atomic mass is 16.3. The molecule has 3 unspecified atom stereocenters. The summed E-state index contributed by atoms with van der Waals surface area (Å²) in [5.74, 6) is 0.810. The molecule has 0 saturated carbocycles. The van der Waals surface area contributed by atoms with E-state index in [1.807, 2.05) is 0 Å². The molecular weight excluding hydrogens is 212 g/mol. The molecule has 0 spiro atoms. The standard InChI is InChI=1S/C14H30N2O/c1-4-8-15-14(7-10-17)11-16-9-5-6-12(2)13(16)3/h12-15,17H,4-11H2,1-3H3. The first-order chi connectivity index (χ1) is 8.19. The molecule has 0 aromatic heterocycles. The van der Waals surface area contributed by atoms with Gasteiger partial charge in [0.1, 0.15) is 0 Å². The third kappa shape index (κ3) is 4.94. The Balaban J connectivity index is 2.41. The molecule has 1 heterocycles. The molecule has 0 bridgehead atoms. The van der Waals surface area contributed by atoms with E-state index in [0.29, 0.717) is 18.7 Å². The molecule has 0 aliphatic carbocycles. The van der Waals surface area contributed by atoms with E-state index < -0.39 is 0 Å². The van der Waals surface area contributed by atoms with Crippen LogP contribution in [-0.2, 0) is 0 Å². The summed E-state index contributed by atoms with van der Waals surface area (Å²) >= 11 is 0. The highest BCUT2D eigenvalue weighted by molar-refractivity contribution is 4.82. The lowest BCUT2D eigenvalue weighted by Gasteiger charge is -2.40. The van der Waals surface area contributed by atoms with Crippen LogP contribution in [0.4, 0.5) is 0 Å². The zero-order valence-electron chi connectivity index (χ0n) is 11.8. The Morgan fingerprint density at radius 3 is 2.82 bits per heavy atom. The van der Waals surface area contributed by atoms with E-state index >= 15 is 0 Å². The quantitative estimate of drug-likeness (QED) is 0.715. The number of likely N-dealkylation sites (tertiary alicyclic amines) is 1. The van der Waals surface area contributed by atoms with Crippen molar-refractivity contribution in [3.63, 3.8) is 0 Å². The molecule has 1 saturated heterocycles. The number of aliphatic hydroxyl groups is 1. The van der Waals surface area contributed by atoms with Crippen LogP contribution in [0.15, 0.2) is 0 Å². The smallest absolute Gasteiger partial charge is 0.0446 e.